The molecule has 3 fully saturated rings. The van der Waals surface area contributed by atoms with Gasteiger partial charge in [-0.1, -0.05) is 241 Å². The summed E-state index contributed by atoms with van der Waals surface area (Å²) in [6, 6.07) is 70.5. The molecule has 15 atom stereocenters. The third-order valence-electron chi connectivity index (χ3n) is 17.0. The monoisotopic (exact) mass is 1490 g/mol. The molecule has 0 amide bonds. The van der Waals surface area contributed by atoms with Crippen LogP contribution < -0.4 is 0 Å². The third-order valence-corrected chi connectivity index (χ3v) is 17.5. The third kappa shape index (κ3) is 22.1. The first kappa shape index (κ1) is 77.2. The average Bonchev–Trinajstić information content (AvgIpc) is 1.68. The van der Waals surface area contributed by atoms with Gasteiger partial charge in [0.2, 0.25) is 12.2 Å². The molecule has 0 unspecified atom stereocenters. The number of hydrogen-bond acceptors (Lipinski definition) is 22. The predicted octanol–water partition coefficient (Wildman–Crippen LogP) is 12.7. The molecule has 550 valence electrons. The van der Waals surface area contributed by atoms with Crippen LogP contribution in [0.4, 0.5) is 0 Å². The molecule has 1 N–H and O–H groups in total. The van der Waals surface area contributed by atoms with Gasteiger partial charge in [0.25, 0.3) is 3.79 Å². The maximum Gasteiger partial charge on any atom is 0.338 e. The molecule has 8 aromatic carbocycles. The summed E-state index contributed by atoms with van der Waals surface area (Å²) in [4.78, 5) is 70.2. The molecule has 3 aliphatic heterocycles. The van der Waals surface area contributed by atoms with Crippen LogP contribution in [-0.4, -0.2) is 151 Å². The second-order valence-corrected chi connectivity index (χ2v) is 26.9. The van der Waals surface area contributed by atoms with Gasteiger partial charge in [0, 0.05) is 13.8 Å². The molecular weight excluding hydrogens is 1420 g/mol. The number of hydrogen-bond donors (Lipinski definition) is 1. The highest BCUT2D eigenvalue weighted by Gasteiger charge is 2.60. The van der Waals surface area contributed by atoms with E-state index in [0.29, 0.717) is 5.56 Å². The van der Waals surface area contributed by atoms with Gasteiger partial charge in [-0.15, -0.1) is 0 Å². The number of halogens is 3. The number of nitrogens with one attached hydrogen (secondary N) is 1. The number of carbonyl (C=O) groups excluding carboxylic acids is 5. The molecule has 105 heavy (non-hydrogen) atoms. The standard InChI is InChI=1S/C80H78Cl3NO21/c1-51(85)91-49-62(98-73(87)58-37-21-8-22-38-58)66-69(101-74(88)59-39-23-9-24-40-59)72(102-75(89)60-41-25-10-26-42-60)77(104-66)100-63(65-68(94-46-56-33-17-6-18-34-56)71(97-52(2)86)78(103-65)105-79(84)80(81,82)83)50-96-76-70(95-47-57-35-19-7-20-36-57)67(93-45-55-31-15-5-16-32-55)64(92-44-54-29-13-4-14-30-54)61(99-76)48-90-43-53-27-11-3-12-28-53/h3-42,61-72,76-78,84H,43-50H2,1-2H3/t61-,62-,63-,64+,65+,66+,67+,68+,69+,70-,71-,72-,76+,77-,78+/m1/s1. The smallest absolute Gasteiger partial charge is 0.338 e. The Morgan fingerprint density at radius 1 is 0.381 bits per heavy atom. The van der Waals surface area contributed by atoms with E-state index in [1.54, 1.807) is 84.9 Å². The van der Waals surface area contributed by atoms with E-state index in [0.717, 1.165) is 36.1 Å². The van der Waals surface area contributed by atoms with Crippen molar-refractivity contribution in [2.75, 3.05) is 19.8 Å². The molecule has 3 saturated heterocycles. The molecule has 3 heterocycles. The maximum atomic E-state index is 14.9. The second kappa shape index (κ2) is 38.4. The van der Waals surface area contributed by atoms with Gasteiger partial charge in [-0.2, -0.15) is 0 Å². The van der Waals surface area contributed by atoms with E-state index < -0.39 is 145 Å². The molecule has 0 radical (unpaired) electrons. The summed E-state index contributed by atoms with van der Waals surface area (Å²) in [5, 5.41) is 8.85. The summed E-state index contributed by atoms with van der Waals surface area (Å²) >= 11 is 18.9. The highest BCUT2D eigenvalue weighted by molar-refractivity contribution is 6.76. The largest absolute Gasteiger partial charge is 0.462 e. The molecule has 22 nitrogen and oxygen atoms in total. The van der Waals surface area contributed by atoms with Gasteiger partial charge < -0.3 is 75.8 Å². The fourth-order valence-electron chi connectivity index (χ4n) is 12.0. The van der Waals surface area contributed by atoms with Gasteiger partial charge in [0.15, 0.2) is 37.0 Å². The lowest BCUT2D eigenvalue weighted by Crippen LogP contribution is -2.62. The van der Waals surface area contributed by atoms with Gasteiger partial charge in [-0.25, -0.2) is 14.4 Å². The highest BCUT2D eigenvalue weighted by Crippen LogP contribution is 2.40. The first-order chi connectivity index (χ1) is 51.0. The van der Waals surface area contributed by atoms with Crippen molar-refractivity contribution in [3.63, 3.8) is 0 Å². The zero-order valence-electron chi connectivity index (χ0n) is 57.1. The normalized spacial score (nSPS) is 23.4. The van der Waals surface area contributed by atoms with Gasteiger partial charge in [-0.05, 0) is 64.2 Å². The molecule has 11 rings (SSSR count). The minimum Gasteiger partial charge on any atom is -0.462 e. The lowest BCUT2D eigenvalue weighted by atomic mass is 9.97. The molecule has 0 saturated carbocycles. The van der Waals surface area contributed by atoms with Crippen LogP contribution in [0.1, 0.15) is 72.7 Å². The van der Waals surface area contributed by atoms with Gasteiger partial charge >= 0.3 is 29.8 Å². The fourth-order valence-corrected chi connectivity index (χ4v) is 12.1. The summed E-state index contributed by atoms with van der Waals surface area (Å²) < 4.78 is 104. The Balaban J connectivity index is 1.06. The summed E-state index contributed by atoms with van der Waals surface area (Å²) in [6.45, 7) is 0.874. The van der Waals surface area contributed by atoms with Crippen LogP contribution in [0.25, 0.3) is 0 Å². The molecule has 25 heteroatoms. The molecule has 8 aromatic rings. The van der Waals surface area contributed by atoms with Crippen molar-refractivity contribution >= 4 is 70.5 Å². The Bertz CT molecular complexity index is 4030. The van der Waals surface area contributed by atoms with Crippen molar-refractivity contribution in [2.24, 2.45) is 0 Å². The van der Waals surface area contributed by atoms with Crippen molar-refractivity contribution in [1.29, 1.82) is 5.41 Å². The van der Waals surface area contributed by atoms with Crippen molar-refractivity contribution in [3.8, 4) is 0 Å². The Labute approximate surface area is 622 Å². The van der Waals surface area contributed by atoms with Crippen LogP contribution in [-0.2, 0) is 118 Å². The number of carbonyl (C=O) groups is 5. The van der Waals surface area contributed by atoms with Crippen molar-refractivity contribution in [2.45, 2.75) is 143 Å². The van der Waals surface area contributed by atoms with E-state index in [-0.39, 0.29) is 56.3 Å². The van der Waals surface area contributed by atoms with E-state index in [1.165, 1.54) is 36.4 Å². The molecule has 0 aliphatic carbocycles. The maximum absolute atomic E-state index is 14.9. The molecular formula is C80H78Cl3NO21. The molecule has 0 bridgehead atoms. The van der Waals surface area contributed by atoms with Crippen molar-refractivity contribution < 1.29 is 99.8 Å². The van der Waals surface area contributed by atoms with Crippen LogP contribution in [0.15, 0.2) is 243 Å². The van der Waals surface area contributed by atoms with Crippen LogP contribution in [0.2, 0.25) is 0 Å². The summed E-state index contributed by atoms with van der Waals surface area (Å²) in [5.41, 5.74) is 4.07. The predicted molar refractivity (Wildman–Crippen MR) is 381 cm³/mol. The van der Waals surface area contributed by atoms with Gasteiger partial charge in [-0.3, -0.25) is 15.0 Å². The van der Waals surface area contributed by atoms with Crippen LogP contribution in [0.3, 0.4) is 0 Å². The second-order valence-electron chi connectivity index (χ2n) is 24.6. The topological polar surface area (TPSA) is 257 Å². The summed E-state index contributed by atoms with van der Waals surface area (Å²) in [6.07, 6.45) is -23.1. The Kier molecular flexibility index (Phi) is 28.2. The van der Waals surface area contributed by atoms with Crippen LogP contribution >= 0.6 is 34.8 Å². The summed E-state index contributed by atoms with van der Waals surface area (Å²) in [5.74, 6) is -5.46. The Morgan fingerprint density at radius 3 is 1.23 bits per heavy atom. The highest BCUT2D eigenvalue weighted by atomic mass is 35.6. The van der Waals surface area contributed by atoms with E-state index >= 15 is 0 Å². The van der Waals surface area contributed by atoms with E-state index in [1.807, 2.05) is 121 Å². The fraction of sp³-hybridized carbons (Fsp3) is 0.325. The first-order valence-electron chi connectivity index (χ1n) is 33.9. The zero-order chi connectivity index (χ0) is 73.5. The van der Waals surface area contributed by atoms with Crippen LogP contribution in [0.5, 0.6) is 0 Å². The van der Waals surface area contributed by atoms with Gasteiger partial charge in [0.05, 0.1) is 62.9 Å². The van der Waals surface area contributed by atoms with E-state index in [4.69, 9.17) is 116 Å². The number of benzene rings is 8. The quantitative estimate of drug-likeness (QED) is 0.0132. The Hall–Kier alpha value is -8.95. The van der Waals surface area contributed by atoms with Gasteiger partial charge in [0.1, 0.15) is 55.4 Å². The SMILES string of the molecule is CC(=O)OC[C@@H](OC(=O)c1ccccc1)[C@@H]1O[C@@H](O[C@H](CO[C@H]2O[C@H](COCc3ccccc3)[C@H](OCc3ccccc3)[C@H](OCc3ccccc3)[C@H]2OCc2ccccc2)[C@@H]2O[C@@H](OC(=N)C(Cl)(Cl)Cl)[C@H](OC(C)=O)[C@H]2OCc2ccccc2)[C@H](OC(=O)c2ccccc2)[C@H]1OC(=O)c1ccccc1. The number of esters is 5. The minimum absolute atomic E-state index is 0.0158. The Morgan fingerprint density at radius 2 is 0.771 bits per heavy atom. The van der Waals surface area contributed by atoms with E-state index in [9.17, 15) is 24.0 Å². The van der Waals surface area contributed by atoms with Crippen molar-refractivity contribution in [1.82, 2.24) is 0 Å². The number of alkyl halides is 3. The zero-order valence-corrected chi connectivity index (χ0v) is 59.4. The minimum atomic E-state index is -2.50. The average molecular weight is 1500 g/mol. The molecule has 0 spiro atoms. The molecule has 3 aliphatic rings. The van der Waals surface area contributed by atoms with Crippen molar-refractivity contribution in [3.05, 3.63) is 287 Å². The number of ether oxygens (including phenoxy) is 16. The van der Waals surface area contributed by atoms with E-state index in [2.05, 4.69) is 0 Å². The summed E-state index contributed by atoms with van der Waals surface area (Å²) in [7, 11) is 0. The first-order valence-corrected chi connectivity index (χ1v) is 35.0. The lowest BCUT2D eigenvalue weighted by molar-refractivity contribution is -0.336. The molecule has 0 aromatic heterocycles. The van der Waals surface area contributed by atoms with Crippen LogP contribution in [0, 0.1) is 5.41 Å². The lowest BCUT2D eigenvalue weighted by Gasteiger charge is -2.46. The number of rotatable bonds is 33.